The average molecular weight is 363 g/mol. The van der Waals surface area contributed by atoms with Gasteiger partial charge in [0.05, 0.1) is 24.3 Å². The smallest absolute Gasteiger partial charge is 0.337 e. The summed E-state index contributed by atoms with van der Waals surface area (Å²) >= 11 is 0. The second-order valence-corrected chi connectivity index (χ2v) is 6.26. The molecule has 0 spiro atoms. The van der Waals surface area contributed by atoms with Crippen LogP contribution in [0.4, 0.5) is 11.4 Å². The van der Waals surface area contributed by atoms with Crippen LogP contribution in [0, 0.1) is 16.7 Å². The van der Waals surface area contributed by atoms with Crippen LogP contribution in [0.3, 0.4) is 0 Å². The minimum atomic E-state index is -1.15. The summed E-state index contributed by atoms with van der Waals surface area (Å²) in [7, 11) is 1.28. The zero-order valence-corrected chi connectivity index (χ0v) is 14.6. The van der Waals surface area contributed by atoms with Crippen molar-refractivity contribution in [2.24, 2.45) is 5.41 Å². The molecule has 1 aliphatic carbocycles. The molecule has 0 unspecified atom stereocenters. The highest BCUT2D eigenvalue weighted by atomic mass is 16.5. The van der Waals surface area contributed by atoms with Crippen LogP contribution in [-0.2, 0) is 14.3 Å². The third-order valence-electron chi connectivity index (χ3n) is 4.41. The van der Waals surface area contributed by atoms with E-state index >= 15 is 0 Å². The molecule has 0 bridgehead atoms. The highest BCUT2D eigenvalue weighted by molar-refractivity contribution is 6.17. The number of nitrogens with one attached hydrogen (secondary N) is 2. The van der Waals surface area contributed by atoms with E-state index in [0.29, 0.717) is 35.3 Å². The van der Waals surface area contributed by atoms with Crippen molar-refractivity contribution in [3.8, 4) is 6.07 Å². The molecule has 1 fully saturated rings. The molecule has 7 heteroatoms. The second-order valence-electron chi connectivity index (χ2n) is 6.26. The molecule has 136 valence electrons. The van der Waals surface area contributed by atoms with Gasteiger partial charge in [0.15, 0.2) is 0 Å². The monoisotopic (exact) mass is 363 g/mol. The number of ether oxygens (including phenoxy) is 1. The van der Waals surface area contributed by atoms with Crippen molar-refractivity contribution < 1.29 is 19.1 Å². The number of hydrogen-bond donors (Lipinski definition) is 2. The number of hydrogen-bond acceptors (Lipinski definition) is 5. The summed E-state index contributed by atoms with van der Waals surface area (Å²) in [6, 6.07) is 14.8. The molecule has 2 aromatic rings. The predicted octanol–water partition coefficient (Wildman–Crippen LogP) is 2.70. The molecule has 0 radical (unpaired) electrons. The number of nitrogens with zero attached hydrogens (tertiary/aromatic N) is 1. The standard InChI is InChI=1S/C20H17N3O4/c1-27-17(24)14-5-3-7-16(11-14)23-19(26)20(8-9-20)18(25)22-15-6-2-4-13(10-15)12-21/h2-7,10-11H,8-9H2,1H3,(H,22,25)(H,23,26). The van der Waals surface area contributed by atoms with Gasteiger partial charge in [-0.25, -0.2) is 4.79 Å². The lowest BCUT2D eigenvalue weighted by Crippen LogP contribution is -2.35. The zero-order chi connectivity index (χ0) is 19.4. The first kappa shape index (κ1) is 18.1. The minimum Gasteiger partial charge on any atom is -0.465 e. The molecular formula is C20H17N3O4. The number of anilines is 2. The van der Waals surface area contributed by atoms with E-state index in [-0.39, 0.29) is 0 Å². The lowest BCUT2D eigenvalue weighted by Gasteiger charge is -2.16. The summed E-state index contributed by atoms with van der Waals surface area (Å²) in [4.78, 5) is 36.9. The third kappa shape index (κ3) is 3.80. The molecule has 2 N–H and O–H groups in total. The summed E-state index contributed by atoms with van der Waals surface area (Å²) in [5, 5.41) is 14.3. The van der Waals surface area contributed by atoms with Gasteiger partial charge < -0.3 is 15.4 Å². The molecule has 1 aliphatic rings. The van der Waals surface area contributed by atoms with Crippen molar-refractivity contribution in [1.29, 1.82) is 5.26 Å². The average Bonchev–Trinajstić information content (AvgIpc) is 3.50. The largest absolute Gasteiger partial charge is 0.465 e. The fourth-order valence-electron chi connectivity index (χ4n) is 2.69. The van der Waals surface area contributed by atoms with Crippen molar-refractivity contribution in [2.75, 3.05) is 17.7 Å². The Balaban J connectivity index is 1.71. The molecule has 3 rings (SSSR count). The number of carbonyl (C=O) groups excluding carboxylic acids is 3. The Bertz CT molecular complexity index is 958. The lowest BCUT2D eigenvalue weighted by atomic mass is 10.0. The van der Waals surface area contributed by atoms with Crippen molar-refractivity contribution in [1.82, 2.24) is 0 Å². The van der Waals surface area contributed by atoms with Crippen LogP contribution < -0.4 is 10.6 Å². The molecule has 2 aromatic carbocycles. The Morgan fingerprint density at radius 1 is 1.00 bits per heavy atom. The SMILES string of the molecule is COC(=O)c1cccc(NC(=O)C2(C(=O)Nc3cccc(C#N)c3)CC2)c1. The minimum absolute atomic E-state index is 0.304. The van der Waals surface area contributed by atoms with Crippen LogP contribution in [-0.4, -0.2) is 24.9 Å². The Morgan fingerprint density at radius 3 is 2.15 bits per heavy atom. The Morgan fingerprint density at radius 2 is 1.59 bits per heavy atom. The summed E-state index contributed by atoms with van der Waals surface area (Å²) in [6.07, 6.45) is 0.860. The second kappa shape index (κ2) is 7.30. The summed E-state index contributed by atoms with van der Waals surface area (Å²) in [5.74, 6) is -1.36. The molecule has 1 saturated carbocycles. The van der Waals surface area contributed by atoms with Gasteiger partial charge in [-0.2, -0.15) is 5.26 Å². The van der Waals surface area contributed by atoms with Gasteiger partial charge in [0, 0.05) is 11.4 Å². The molecule has 2 amide bonds. The van der Waals surface area contributed by atoms with E-state index in [2.05, 4.69) is 15.4 Å². The van der Waals surface area contributed by atoms with Crippen LogP contribution in [0.1, 0.15) is 28.8 Å². The van der Waals surface area contributed by atoms with Crippen molar-refractivity contribution in [2.45, 2.75) is 12.8 Å². The van der Waals surface area contributed by atoms with Gasteiger partial charge in [0.1, 0.15) is 5.41 Å². The molecule has 7 nitrogen and oxygen atoms in total. The number of rotatable bonds is 5. The Labute approximate surface area is 155 Å². The van der Waals surface area contributed by atoms with Gasteiger partial charge in [-0.15, -0.1) is 0 Å². The zero-order valence-electron chi connectivity index (χ0n) is 14.6. The number of carbonyl (C=O) groups is 3. The molecule has 0 aliphatic heterocycles. The summed E-state index contributed by atoms with van der Waals surface area (Å²) < 4.78 is 4.66. The van der Waals surface area contributed by atoms with E-state index < -0.39 is 23.2 Å². The maximum atomic E-state index is 12.7. The quantitative estimate of drug-likeness (QED) is 0.627. The number of nitriles is 1. The summed E-state index contributed by atoms with van der Waals surface area (Å²) in [6.45, 7) is 0. The molecule has 0 heterocycles. The maximum absolute atomic E-state index is 12.7. The number of methoxy groups -OCH3 is 1. The molecule has 0 atom stereocenters. The van der Waals surface area contributed by atoms with E-state index in [1.807, 2.05) is 6.07 Å². The van der Waals surface area contributed by atoms with Gasteiger partial charge in [-0.05, 0) is 49.2 Å². The first-order valence-corrected chi connectivity index (χ1v) is 8.30. The first-order valence-electron chi connectivity index (χ1n) is 8.30. The van der Waals surface area contributed by atoms with Crippen molar-refractivity contribution in [3.63, 3.8) is 0 Å². The van der Waals surface area contributed by atoms with Gasteiger partial charge in [-0.3, -0.25) is 9.59 Å². The normalized spacial score (nSPS) is 13.8. The van der Waals surface area contributed by atoms with Crippen molar-refractivity contribution in [3.05, 3.63) is 59.7 Å². The third-order valence-corrected chi connectivity index (χ3v) is 4.41. The van der Waals surface area contributed by atoms with Gasteiger partial charge in [0.2, 0.25) is 11.8 Å². The van der Waals surface area contributed by atoms with Gasteiger partial charge in [-0.1, -0.05) is 12.1 Å². The fraction of sp³-hybridized carbons (Fsp3) is 0.200. The maximum Gasteiger partial charge on any atom is 0.337 e. The highest BCUT2D eigenvalue weighted by Gasteiger charge is 2.56. The van der Waals surface area contributed by atoms with Crippen LogP contribution >= 0.6 is 0 Å². The molecular weight excluding hydrogens is 346 g/mol. The van der Waals surface area contributed by atoms with Gasteiger partial charge in [0.25, 0.3) is 0 Å². The van der Waals surface area contributed by atoms with E-state index in [9.17, 15) is 14.4 Å². The summed E-state index contributed by atoms with van der Waals surface area (Å²) in [5.41, 5.74) is 0.447. The molecule has 27 heavy (non-hydrogen) atoms. The predicted molar refractivity (Wildman–Crippen MR) is 97.9 cm³/mol. The Hall–Kier alpha value is -3.66. The number of benzene rings is 2. The first-order chi connectivity index (χ1) is 13.0. The fourth-order valence-corrected chi connectivity index (χ4v) is 2.69. The van der Waals surface area contributed by atoms with E-state index in [0.717, 1.165) is 0 Å². The topological polar surface area (TPSA) is 108 Å². The van der Waals surface area contributed by atoms with Crippen LogP contribution in [0.25, 0.3) is 0 Å². The molecule has 0 saturated heterocycles. The van der Waals surface area contributed by atoms with E-state index in [1.54, 1.807) is 42.5 Å². The highest BCUT2D eigenvalue weighted by Crippen LogP contribution is 2.47. The molecule has 0 aromatic heterocycles. The van der Waals surface area contributed by atoms with Crippen LogP contribution in [0.5, 0.6) is 0 Å². The lowest BCUT2D eigenvalue weighted by molar-refractivity contribution is -0.131. The van der Waals surface area contributed by atoms with E-state index in [4.69, 9.17) is 5.26 Å². The van der Waals surface area contributed by atoms with Crippen LogP contribution in [0.15, 0.2) is 48.5 Å². The van der Waals surface area contributed by atoms with E-state index in [1.165, 1.54) is 13.2 Å². The number of amides is 2. The van der Waals surface area contributed by atoms with Crippen molar-refractivity contribution >= 4 is 29.2 Å². The Kier molecular flexibility index (Phi) is 4.90. The van der Waals surface area contributed by atoms with Crippen LogP contribution in [0.2, 0.25) is 0 Å². The van der Waals surface area contributed by atoms with Gasteiger partial charge >= 0.3 is 5.97 Å². The number of esters is 1.